The van der Waals surface area contributed by atoms with Crippen molar-refractivity contribution < 1.29 is 14.5 Å². The molecule has 1 aromatic rings. The van der Waals surface area contributed by atoms with E-state index in [1.807, 2.05) is 20.8 Å². The molecular weight excluding hydrogens is 276 g/mol. The number of carbonyl (C=O) groups excluding carboxylic acids is 1. The van der Waals surface area contributed by atoms with Crippen LogP contribution in [0.2, 0.25) is 0 Å². The van der Waals surface area contributed by atoms with E-state index in [2.05, 4.69) is 10.4 Å². The van der Waals surface area contributed by atoms with Gasteiger partial charge in [-0.2, -0.15) is 5.10 Å². The van der Waals surface area contributed by atoms with Crippen LogP contribution in [0.4, 0.5) is 11.5 Å². The smallest absolute Gasteiger partial charge is 0.333 e. The molecule has 8 nitrogen and oxygen atoms in total. The van der Waals surface area contributed by atoms with E-state index in [4.69, 9.17) is 4.74 Å². The SMILES string of the molecule is CCn1nc(C)c([N+](=O)[O-])c1NC(CC(C)C)C(=O)OC. The number of nitrogens with one attached hydrogen (secondary N) is 1. The molecule has 8 heteroatoms. The summed E-state index contributed by atoms with van der Waals surface area (Å²) in [6.45, 7) is 7.80. The molecule has 0 saturated carbocycles. The Labute approximate surface area is 123 Å². The highest BCUT2D eigenvalue weighted by atomic mass is 16.6. The van der Waals surface area contributed by atoms with E-state index in [-0.39, 0.29) is 17.4 Å². The minimum Gasteiger partial charge on any atom is -0.467 e. The van der Waals surface area contributed by atoms with Gasteiger partial charge in [-0.3, -0.25) is 10.1 Å². The number of rotatable bonds is 7. The average molecular weight is 298 g/mol. The first-order chi connectivity index (χ1) is 9.81. The second-order valence-electron chi connectivity index (χ2n) is 5.21. The molecule has 1 rings (SSSR count). The van der Waals surface area contributed by atoms with E-state index in [1.54, 1.807) is 6.92 Å². The van der Waals surface area contributed by atoms with Crippen LogP contribution >= 0.6 is 0 Å². The Balaban J connectivity index is 3.18. The number of nitrogens with zero attached hydrogens (tertiary/aromatic N) is 3. The van der Waals surface area contributed by atoms with Crippen LogP contribution in [-0.4, -0.2) is 33.8 Å². The minimum atomic E-state index is -0.643. The summed E-state index contributed by atoms with van der Waals surface area (Å²) in [4.78, 5) is 22.6. The number of aromatic nitrogens is 2. The number of hydrogen-bond donors (Lipinski definition) is 1. The van der Waals surface area contributed by atoms with Crippen LogP contribution in [-0.2, 0) is 16.1 Å². The van der Waals surface area contributed by atoms with Gasteiger partial charge in [0.25, 0.3) is 0 Å². The molecule has 1 aromatic heterocycles. The molecule has 1 heterocycles. The van der Waals surface area contributed by atoms with Crippen LogP contribution in [0.3, 0.4) is 0 Å². The zero-order valence-corrected chi connectivity index (χ0v) is 13.0. The van der Waals surface area contributed by atoms with Gasteiger partial charge < -0.3 is 10.1 Å². The molecule has 0 aromatic carbocycles. The summed E-state index contributed by atoms with van der Waals surface area (Å²) in [5, 5.41) is 18.3. The van der Waals surface area contributed by atoms with Gasteiger partial charge >= 0.3 is 11.7 Å². The second-order valence-corrected chi connectivity index (χ2v) is 5.21. The molecule has 0 aliphatic rings. The van der Waals surface area contributed by atoms with Gasteiger partial charge in [-0.15, -0.1) is 0 Å². The van der Waals surface area contributed by atoms with Crippen molar-refractivity contribution in [1.29, 1.82) is 0 Å². The average Bonchev–Trinajstić information content (AvgIpc) is 2.72. The standard InChI is InChI=1S/C13H22N4O4/c1-6-16-12(11(17(19)20)9(4)15-16)14-10(7-8(2)3)13(18)21-5/h8,10,14H,6-7H2,1-5H3. The number of anilines is 1. The molecular formula is C13H22N4O4. The van der Waals surface area contributed by atoms with Crippen LogP contribution in [0.25, 0.3) is 0 Å². The lowest BCUT2D eigenvalue weighted by molar-refractivity contribution is -0.384. The summed E-state index contributed by atoms with van der Waals surface area (Å²) < 4.78 is 6.25. The first kappa shape index (κ1) is 16.9. The van der Waals surface area contributed by atoms with E-state index >= 15 is 0 Å². The number of hydrogen-bond acceptors (Lipinski definition) is 6. The number of aryl methyl sites for hydroxylation is 2. The van der Waals surface area contributed by atoms with Gasteiger partial charge in [-0.1, -0.05) is 13.8 Å². The van der Waals surface area contributed by atoms with Crippen molar-refractivity contribution in [1.82, 2.24) is 9.78 Å². The van der Waals surface area contributed by atoms with Crippen molar-refractivity contribution in [2.24, 2.45) is 5.92 Å². The predicted octanol–water partition coefficient (Wildman–Crippen LogP) is 2.12. The number of carbonyl (C=O) groups is 1. The van der Waals surface area contributed by atoms with Gasteiger partial charge in [0, 0.05) is 6.54 Å². The third kappa shape index (κ3) is 3.93. The van der Waals surface area contributed by atoms with Crippen molar-refractivity contribution in [2.45, 2.75) is 46.7 Å². The lowest BCUT2D eigenvalue weighted by Gasteiger charge is -2.19. The molecule has 21 heavy (non-hydrogen) atoms. The fourth-order valence-electron chi connectivity index (χ4n) is 2.16. The fourth-order valence-corrected chi connectivity index (χ4v) is 2.16. The summed E-state index contributed by atoms with van der Waals surface area (Å²) in [6, 6.07) is -0.643. The van der Waals surface area contributed by atoms with E-state index < -0.39 is 16.9 Å². The maximum atomic E-state index is 11.9. The van der Waals surface area contributed by atoms with Crippen LogP contribution in [0.15, 0.2) is 0 Å². The Morgan fingerprint density at radius 3 is 2.57 bits per heavy atom. The monoisotopic (exact) mass is 298 g/mol. The molecule has 1 atom stereocenters. The highest BCUT2D eigenvalue weighted by Crippen LogP contribution is 2.29. The van der Waals surface area contributed by atoms with Gasteiger partial charge in [0.05, 0.1) is 12.0 Å². The zero-order chi connectivity index (χ0) is 16.2. The number of nitro groups is 1. The highest BCUT2D eigenvalue weighted by molar-refractivity contribution is 5.80. The van der Waals surface area contributed by atoms with Gasteiger partial charge in [-0.05, 0) is 26.2 Å². The molecule has 1 N–H and O–H groups in total. The molecule has 0 bridgehead atoms. The van der Waals surface area contributed by atoms with Gasteiger partial charge in [-0.25, -0.2) is 9.48 Å². The Kier molecular flexibility index (Phi) is 5.69. The third-order valence-corrected chi connectivity index (χ3v) is 3.08. The lowest BCUT2D eigenvalue weighted by Crippen LogP contribution is -2.33. The molecule has 0 amide bonds. The quantitative estimate of drug-likeness (QED) is 0.470. The van der Waals surface area contributed by atoms with Crippen LogP contribution in [0.5, 0.6) is 0 Å². The number of esters is 1. The highest BCUT2D eigenvalue weighted by Gasteiger charge is 2.29. The summed E-state index contributed by atoms with van der Waals surface area (Å²) >= 11 is 0. The first-order valence-corrected chi connectivity index (χ1v) is 6.87. The van der Waals surface area contributed by atoms with E-state index in [0.717, 1.165) is 0 Å². The maximum Gasteiger partial charge on any atom is 0.333 e. The molecule has 1 unspecified atom stereocenters. The van der Waals surface area contributed by atoms with E-state index in [1.165, 1.54) is 11.8 Å². The summed E-state index contributed by atoms with van der Waals surface area (Å²) in [5.74, 6) is 0.0373. The molecule has 0 radical (unpaired) electrons. The molecule has 0 spiro atoms. The summed E-state index contributed by atoms with van der Waals surface area (Å²) in [7, 11) is 1.30. The van der Waals surface area contributed by atoms with Crippen LogP contribution < -0.4 is 5.32 Å². The lowest BCUT2D eigenvalue weighted by atomic mass is 10.0. The molecule has 0 fully saturated rings. The second kappa shape index (κ2) is 7.05. The van der Waals surface area contributed by atoms with Crippen LogP contribution in [0.1, 0.15) is 32.9 Å². The Morgan fingerprint density at radius 1 is 1.52 bits per heavy atom. The van der Waals surface area contributed by atoms with Crippen molar-refractivity contribution in [2.75, 3.05) is 12.4 Å². The van der Waals surface area contributed by atoms with Crippen molar-refractivity contribution in [3.8, 4) is 0 Å². The van der Waals surface area contributed by atoms with E-state index in [9.17, 15) is 14.9 Å². The van der Waals surface area contributed by atoms with Crippen LogP contribution in [0, 0.1) is 23.0 Å². The third-order valence-electron chi connectivity index (χ3n) is 3.08. The zero-order valence-electron chi connectivity index (χ0n) is 13.0. The largest absolute Gasteiger partial charge is 0.467 e. The van der Waals surface area contributed by atoms with Gasteiger partial charge in [0.2, 0.25) is 5.82 Å². The Hall–Kier alpha value is -2.12. The maximum absolute atomic E-state index is 11.9. The minimum absolute atomic E-state index is 0.102. The molecule has 0 aliphatic heterocycles. The van der Waals surface area contributed by atoms with Gasteiger partial charge in [0.1, 0.15) is 11.7 Å². The molecule has 0 aliphatic carbocycles. The van der Waals surface area contributed by atoms with Crippen molar-refractivity contribution in [3.05, 3.63) is 15.8 Å². The summed E-state index contributed by atoms with van der Waals surface area (Å²) in [6.07, 6.45) is 0.512. The van der Waals surface area contributed by atoms with E-state index in [0.29, 0.717) is 18.7 Å². The normalized spacial score (nSPS) is 12.3. The van der Waals surface area contributed by atoms with Crippen molar-refractivity contribution >= 4 is 17.5 Å². The van der Waals surface area contributed by atoms with Gasteiger partial charge in [0.15, 0.2) is 0 Å². The first-order valence-electron chi connectivity index (χ1n) is 6.87. The Bertz CT molecular complexity index is 524. The summed E-state index contributed by atoms with van der Waals surface area (Å²) in [5.41, 5.74) is 0.215. The topological polar surface area (TPSA) is 99.3 Å². The fraction of sp³-hybridized carbons (Fsp3) is 0.692. The Morgan fingerprint density at radius 2 is 2.14 bits per heavy atom. The van der Waals surface area contributed by atoms with Crippen molar-refractivity contribution in [3.63, 3.8) is 0 Å². The molecule has 118 valence electrons. The number of ether oxygens (including phenoxy) is 1. The molecule has 0 saturated heterocycles. The number of methoxy groups -OCH3 is 1. The predicted molar refractivity (Wildman–Crippen MR) is 78.2 cm³/mol.